The van der Waals surface area contributed by atoms with Crippen LogP contribution in [0.4, 0.5) is 5.69 Å². The molecule has 0 spiro atoms. The number of benzene rings is 2. The molecule has 2 aromatic rings. The van der Waals surface area contributed by atoms with Gasteiger partial charge in [0.05, 0.1) is 0 Å². The van der Waals surface area contributed by atoms with Gasteiger partial charge in [0.15, 0.2) is 5.78 Å². The summed E-state index contributed by atoms with van der Waals surface area (Å²) in [6.07, 6.45) is 2.33. The number of carbonyl (C=O) groups excluding carboxylic acids is 2. The maximum absolute atomic E-state index is 12.3. The number of ketones is 1. The maximum Gasteiger partial charge on any atom is 0.255 e. The number of hydrogen-bond donors (Lipinski definition) is 1. The normalized spacial score (nSPS) is 13.7. The number of carbonyl (C=O) groups is 2. The molecule has 0 aliphatic heterocycles. The van der Waals surface area contributed by atoms with Gasteiger partial charge in [-0.2, -0.15) is 0 Å². The molecule has 0 atom stereocenters. The Balaban J connectivity index is 1.82. The fourth-order valence-corrected chi connectivity index (χ4v) is 2.79. The Hall–Kier alpha value is -1.94. The van der Waals surface area contributed by atoms with Crippen molar-refractivity contribution in [1.82, 2.24) is 0 Å². The fourth-order valence-electron chi connectivity index (χ4n) is 2.52. The number of rotatable bonds is 2. The average molecular weight is 344 g/mol. The summed E-state index contributed by atoms with van der Waals surface area (Å²) in [4.78, 5) is 24.0. The predicted molar refractivity (Wildman–Crippen MR) is 85.8 cm³/mol. The summed E-state index contributed by atoms with van der Waals surface area (Å²) in [5.41, 5.74) is 3.08. The number of fused-ring (bicyclic) bond motifs is 1. The first-order valence-electron chi connectivity index (χ1n) is 6.86. The molecule has 0 heterocycles. The molecule has 0 radical (unpaired) electrons. The van der Waals surface area contributed by atoms with Gasteiger partial charge >= 0.3 is 0 Å². The Kier molecular flexibility index (Phi) is 3.88. The van der Waals surface area contributed by atoms with Crippen LogP contribution in [0.15, 0.2) is 46.9 Å². The lowest BCUT2D eigenvalue weighted by atomic mass is 9.89. The van der Waals surface area contributed by atoms with Crippen LogP contribution in [0.2, 0.25) is 0 Å². The summed E-state index contributed by atoms with van der Waals surface area (Å²) < 4.78 is 0.966. The lowest BCUT2D eigenvalue weighted by molar-refractivity contribution is 0.0969. The number of Topliss-reactive ketones (excluding diaryl/α,β-unsaturated/α-hetero) is 1. The van der Waals surface area contributed by atoms with Gasteiger partial charge in [0.1, 0.15) is 0 Å². The zero-order chi connectivity index (χ0) is 14.8. The molecule has 0 fully saturated rings. The lowest BCUT2D eigenvalue weighted by Gasteiger charge is -2.15. The minimum atomic E-state index is -0.154. The van der Waals surface area contributed by atoms with E-state index in [9.17, 15) is 9.59 Å². The van der Waals surface area contributed by atoms with E-state index in [4.69, 9.17) is 0 Å². The molecule has 1 aliphatic rings. The second-order valence-electron chi connectivity index (χ2n) is 5.11. The molecule has 0 bridgehead atoms. The van der Waals surface area contributed by atoms with Gasteiger partial charge in [0.25, 0.3) is 5.91 Å². The third-order valence-corrected chi connectivity index (χ3v) is 4.15. The van der Waals surface area contributed by atoms with Gasteiger partial charge in [-0.05, 0) is 54.8 Å². The van der Waals surface area contributed by atoms with Crippen molar-refractivity contribution in [2.24, 2.45) is 0 Å². The second-order valence-corrected chi connectivity index (χ2v) is 6.03. The molecule has 4 heteroatoms. The number of amides is 1. The fraction of sp³-hybridized carbons (Fsp3) is 0.176. The summed E-state index contributed by atoms with van der Waals surface area (Å²) in [5, 5.41) is 2.86. The van der Waals surface area contributed by atoms with E-state index in [1.165, 1.54) is 0 Å². The highest BCUT2D eigenvalue weighted by molar-refractivity contribution is 9.10. The van der Waals surface area contributed by atoms with E-state index in [0.29, 0.717) is 12.0 Å². The largest absolute Gasteiger partial charge is 0.322 e. The third-order valence-electron chi connectivity index (χ3n) is 3.62. The van der Waals surface area contributed by atoms with Crippen LogP contribution >= 0.6 is 15.9 Å². The van der Waals surface area contributed by atoms with Crippen LogP contribution in [0.1, 0.15) is 39.1 Å². The van der Waals surface area contributed by atoms with Crippen molar-refractivity contribution in [2.45, 2.75) is 19.3 Å². The van der Waals surface area contributed by atoms with Crippen molar-refractivity contribution in [1.29, 1.82) is 0 Å². The quantitative estimate of drug-likeness (QED) is 0.887. The Morgan fingerprint density at radius 3 is 2.57 bits per heavy atom. The van der Waals surface area contributed by atoms with Gasteiger partial charge in [0, 0.05) is 27.7 Å². The van der Waals surface area contributed by atoms with Crippen molar-refractivity contribution in [3.05, 3.63) is 63.6 Å². The van der Waals surface area contributed by atoms with Crippen LogP contribution in [0.3, 0.4) is 0 Å². The van der Waals surface area contributed by atoms with Gasteiger partial charge < -0.3 is 5.32 Å². The minimum absolute atomic E-state index is 0.154. The van der Waals surface area contributed by atoms with Crippen molar-refractivity contribution in [2.75, 3.05) is 5.32 Å². The Morgan fingerprint density at radius 2 is 1.81 bits per heavy atom. The SMILES string of the molecule is O=C(Nc1ccc(Br)cc1)c1ccc2c(c1)CCCC2=O. The maximum atomic E-state index is 12.3. The second kappa shape index (κ2) is 5.82. The first-order valence-corrected chi connectivity index (χ1v) is 7.66. The monoisotopic (exact) mass is 343 g/mol. The number of hydrogen-bond acceptors (Lipinski definition) is 2. The van der Waals surface area contributed by atoms with Crippen LogP contribution in [-0.4, -0.2) is 11.7 Å². The van der Waals surface area contributed by atoms with Crippen molar-refractivity contribution < 1.29 is 9.59 Å². The van der Waals surface area contributed by atoms with Crippen molar-refractivity contribution in [3.63, 3.8) is 0 Å². The molecule has 21 heavy (non-hydrogen) atoms. The number of anilines is 1. The van der Waals surface area contributed by atoms with Crippen LogP contribution in [0, 0.1) is 0 Å². The number of aryl methyl sites for hydroxylation is 1. The lowest BCUT2D eigenvalue weighted by Crippen LogP contribution is -2.15. The molecule has 0 aromatic heterocycles. The molecule has 1 aliphatic carbocycles. The van der Waals surface area contributed by atoms with Crippen LogP contribution < -0.4 is 5.32 Å². The standard InChI is InChI=1S/C17H14BrNO2/c18-13-5-7-14(8-6-13)19-17(21)12-4-9-15-11(10-12)2-1-3-16(15)20/h4-10H,1-3H2,(H,19,21). The van der Waals surface area contributed by atoms with Gasteiger partial charge in [-0.1, -0.05) is 22.0 Å². The summed E-state index contributed by atoms with van der Waals surface area (Å²) >= 11 is 3.36. The Morgan fingerprint density at radius 1 is 1.05 bits per heavy atom. The van der Waals surface area contributed by atoms with Crippen LogP contribution in [0.25, 0.3) is 0 Å². The summed E-state index contributed by atoms with van der Waals surface area (Å²) in [7, 11) is 0. The van der Waals surface area contributed by atoms with E-state index in [-0.39, 0.29) is 11.7 Å². The molecule has 0 unspecified atom stereocenters. The van der Waals surface area contributed by atoms with E-state index < -0.39 is 0 Å². The topological polar surface area (TPSA) is 46.2 Å². The molecule has 1 N–H and O–H groups in total. The van der Waals surface area contributed by atoms with E-state index in [0.717, 1.165) is 34.1 Å². The third kappa shape index (κ3) is 3.05. The van der Waals surface area contributed by atoms with E-state index in [1.807, 2.05) is 30.3 Å². The Labute approximate surface area is 131 Å². The summed E-state index contributed by atoms with van der Waals surface area (Å²) in [5.74, 6) is 0.0225. The zero-order valence-electron chi connectivity index (χ0n) is 11.4. The highest BCUT2D eigenvalue weighted by atomic mass is 79.9. The van der Waals surface area contributed by atoms with Gasteiger partial charge in [-0.3, -0.25) is 9.59 Å². The predicted octanol–water partition coefficient (Wildman–Crippen LogP) is 4.22. The molecular weight excluding hydrogens is 330 g/mol. The molecule has 3 nitrogen and oxygen atoms in total. The van der Waals surface area contributed by atoms with Crippen molar-refractivity contribution >= 4 is 33.3 Å². The molecule has 0 saturated heterocycles. The van der Waals surface area contributed by atoms with E-state index in [2.05, 4.69) is 21.2 Å². The Bertz CT molecular complexity index is 707. The average Bonchev–Trinajstić information content (AvgIpc) is 2.49. The van der Waals surface area contributed by atoms with Gasteiger partial charge in [-0.15, -0.1) is 0 Å². The number of halogens is 1. The first kappa shape index (κ1) is 14.0. The van der Waals surface area contributed by atoms with Crippen LogP contribution in [-0.2, 0) is 6.42 Å². The highest BCUT2D eigenvalue weighted by Crippen LogP contribution is 2.23. The van der Waals surface area contributed by atoms with Crippen LogP contribution in [0.5, 0.6) is 0 Å². The number of nitrogens with one attached hydrogen (secondary N) is 1. The molecule has 1 amide bonds. The van der Waals surface area contributed by atoms with Gasteiger partial charge in [0.2, 0.25) is 0 Å². The smallest absolute Gasteiger partial charge is 0.255 e. The minimum Gasteiger partial charge on any atom is -0.322 e. The summed E-state index contributed by atoms with van der Waals surface area (Å²) in [6, 6.07) is 12.8. The molecule has 0 saturated carbocycles. The molecular formula is C17H14BrNO2. The van der Waals surface area contributed by atoms with Gasteiger partial charge in [-0.25, -0.2) is 0 Å². The highest BCUT2D eigenvalue weighted by Gasteiger charge is 2.18. The van der Waals surface area contributed by atoms with Crippen molar-refractivity contribution in [3.8, 4) is 0 Å². The summed E-state index contributed by atoms with van der Waals surface area (Å²) in [6.45, 7) is 0. The van der Waals surface area contributed by atoms with E-state index in [1.54, 1.807) is 12.1 Å². The first-order chi connectivity index (χ1) is 10.1. The molecule has 106 valence electrons. The zero-order valence-corrected chi connectivity index (χ0v) is 12.9. The molecule has 3 rings (SSSR count). The van der Waals surface area contributed by atoms with E-state index >= 15 is 0 Å². The molecule has 2 aromatic carbocycles.